The second-order valence-corrected chi connectivity index (χ2v) is 10.9. The molecule has 0 spiro atoms. The van der Waals surface area contributed by atoms with Gasteiger partial charge in [-0.15, -0.1) is 0 Å². The fourth-order valence-electron chi connectivity index (χ4n) is 7.26. The van der Waals surface area contributed by atoms with E-state index in [0.29, 0.717) is 34.8 Å². The molecule has 8 unspecified atom stereocenters. The van der Waals surface area contributed by atoms with E-state index in [1.165, 1.54) is 44.1 Å². The minimum atomic E-state index is -0.794. The number of fused-ring (bicyclic) bond motifs is 4. The van der Waals surface area contributed by atoms with Crippen LogP contribution >= 0.6 is 0 Å². The Morgan fingerprint density at radius 1 is 1.36 bits per heavy atom. The SMILES string of the molecule is C=C1CCC2C1CC1(C)CCC(C(C)CCC=C(C)C(=O)O)C1CC1OC12C. The van der Waals surface area contributed by atoms with Crippen molar-refractivity contribution in [3.63, 3.8) is 0 Å². The monoisotopic (exact) mass is 386 g/mol. The molecule has 3 nitrogen and oxygen atoms in total. The van der Waals surface area contributed by atoms with Crippen LogP contribution in [0.3, 0.4) is 0 Å². The van der Waals surface area contributed by atoms with Gasteiger partial charge in [-0.1, -0.05) is 32.1 Å². The molecule has 28 heavy (non-hydrogen) atoms. The molecular weight excluding hydrogens is 348 g/mol. The lowest BCUT2D eigenvalue weighted by atomic mass is 9.62. The van der Waals surface area contributed by atoms with E-state index in [1.807, 2.05) is 6.08 Å². The second kappa shape index (κ2) is 7.00. The van der Waals surface area contributed by atoms with Gasteiger partial charge in [-0.05, 0) is 100 Å². The fraction of sp³-hybridized carbons (Fsp3) is 0.800. The molecule has 4 rings (SSSR count). The summed E-state index contributed by atoms with van der Waals surface area (Å²) >= 11 is 0. The van der Waals surface area contributed by atoms with E-state index in [2.05, 4.69) is 27.4 Å². The first-order valence-electron chi connectivity index (χ1n) is 11.4. The van der Waals surface area contributed by atoms with Gasteiger partial charge in [-0.25, -0.2) is 4.79 Å². The van der Waals surface area contributed by atoms with Crippen LogP contribution in [0, 0.1) is 35.0 Å². The van der Waals surface area contributed by atoms with Gasteiger partial charge in [0.2, 0.25) is 0 Å². The molecule has 0 amide bonds. The Balaban J connectivity index is 1.49. The van der Waals surface area contributed by atoms with Gasteiger partial charge < -0.3 is 9.84 Å². The predicted molar refractivity (Wildman–Crippen MR) is 112 cm³/mol. The zero-order chi connectivity index (χ0) is 20.3. The van der Waals surface area contributed by atoms with Crippen molar-refractivity contribution < 1.29 is 14.6 Å². The number of epoxide rings is 1. The van der Waals surface area contributed by atoms with Gasteiger partial charge in [0.15, 0.2) is 0 Å². The van der Waals surface area contributed by atoms with E-state index in [0.717, 1.165) is 24.7 Å². The summed E-state index contributed by atoms with van der Waals surface area (Å²) in [5.41, 5.74) is 2.47. The molecule has 0 aromatic heterocycles. The van der Waals surface area contributed by atoms with Gasteiger partial charge in [0.05, 0.1) is 11.7 Å². The molecule has 1 saturated heterocycles. The van der Waals surface area contributed by atoms with Gasteiger partial charge in [0, 0.05) is 5.57 Å². The standard InChI is InChI=1S/C25H38O3/c1-15(7-6-8-17(3)23(26)27)18-11-12-24(4)14-19-16(2)9-10-20(19)25(5)22(28-25)13-21(18)24/h8,15,18-22H,2,6-7,9-14H2,1,3-5H3,(H,26,27). The highest BCUT2D eigenvalue weighted by Crippen LogP contribution is 2.65. The number of hydrogen-bond acceptors (Lipinski definition) is 2. The first kappa shape index (κ1) is 20.2. The Hall–Kier alpha value is -1.09. The van der Waals surface area contributed by atoms with Gasteiger partial charge in [0.25, 0.3) is 0 Å². The maximum Gasteiger partial charge on any atom is 0.330 e. The highest BCUT2D eigenvalue weighted by Gasteiger charge is 2.65. The maximum absolute atomic E-state index is 11.0. The van der Waals surface area contributed by atoms with Crippen molar-refractivity contribution in [2.75, 3.05) is 0 Å². The largest absolute Gasteiger partial charge is 0.478 e. The van der Waals surface area contributed by atoms with Gasteiger partial charge in [0.1, 0.15) is 0 Å². The summed E-state index contributed by atoms with van der Waals surface area (Å²) in [5.74, 6) is 2.65. The third-order valence-corrected chi connectivity index (χ3v) is 9.26. The van der Waals surface area contributed by atoms with Gasteiger partial charge in [-0.2, -0.15) is 0 Å². The summed E-state index contributed by atoms with van der Waals surface area (Å²) in [6.45, 7) is 13.5. The fourth-order valence-corrected chi connectivity index (χ4v) is 7.26. The highest BCUT2D eigenvalue weighted by atomic mass is 16.6. The molecule has 0 aromatic carbocycles. The Bertz CT molecular complexity index is 694. The molecule has 1 heterocycles. The van der Waals surface area contributed by atoms with Crippen LogP contribution in [-0.2, 0) is 9.53 Å². The number of aliphatic carboxylic acids is 1. The van der Waals surface area contributed by atoms with Crippen molar-refractivity contribution in [2.45, 2.75) is 90.8 Å². The third kappa shape index (κ3) is 3.28. The van der Waals surface area contributed by atoms with E-state index in [1.54, 1.807) is 6.92 Å². The zero-order valence-electron chi connectivity index (χ0n) is 18.2. The molecule has 3 heteroatoms. The lowest BCUT2D eigenvalue weighted by Gasteiger charge is -2.42. The quantitative estimate of drug-likeness (QED) is 0.358. The molecule has 0 radical (unpaired) electrons. The first-order chi connectivity index (χ1) is 13.2. The Morgan fingerprint density at radius 3 is 2.82 bits per heavy atom. The molecule has 3 aliphatic carbocycles. The van der Waals surface area contributed by atoms with E-state index in [9.17, 15) is 4.79 Å². The summed E-state index contributed by atoms with van der Waals surface area (Å²) in [6, 6.07) is 0. The van der Waals surface area contributed by atoms with Crippen LogP contribution in [0.5, 0.6) is 0 Å². The maximum atomic E-state index is 11.0. The molecule has 0 aromatic rings. The highest BCUT2D eigenvalue weighted by molar-refractivity contribution is 5.85. The third-order valence-electron chi connectivity index (χ3n) is 9.26. The summed E-state index contributed by atoms with van der Waals surface area (Å²) in [4.78, 5) is 11.0. The second-order valence-electron chi connectivity index (χ2n) is 10.9. The molecular formula is C25H38O3. The normalized spacial score (nSPS) is 46.2. The number of ether oxygens (including phenoxy) is 1. The van der Waals surface area contributed by atoms with Crippen LogP contribution < -0.4 is 0 Å². The minimum absolute atomic E-state index is 0.100. The van der Waals surface area contributed by atoms with Crippen LogP contribution in [0.4, 0.5) is 0 Å². The zero-order valence-corrected chi connectivity index (χ0v) is 18.2. The summed E-state index contributed by atoms with van der Waals surface area (Å²) < 4.78 is 6.39. The Morgan fingerprint density at radius 2 is 2.11 bits per heavy atom. The lowest BCUT2D eigenvalue weighted by molar-refractivity contribution is -0.132. The molecule has 1 aliphatic heterocycles. The van der Waals surface area contributed by atoms with Crippen molar-refractivity contribution in [3.8, 4) is 0 Å². The van der Waals surface area contributed by atoms with Gasteiger partial charge >= 0.3 is 5.97 Å². The minimum Gasteiger partial charge on any atom is -0.478 e. The van der Waals surface area contributed by atoms with Crippen molar-refractivity contribution in [1.29, 1.82) is 0 Å². The van der Waals surface area contributed by atoms with E-state index < -0.39 is 5.97 Å². The molecule has 4 fully saturated rings. The van der Waals surface area contributed by atoms with Crippen LogP contribution in [0.2, 0.25) is 0 Å². The Kier molecular flexibility index (Phi) is 5.05. The smallest absolute Gasteiger partial charge is 0.330 e. The summed E-state index contributed by atoms with van der Waals surface area (Å²) in [7, 11) is 0. The number of carboxylic acid groups (broad SMARTS) is 1. The molecule has 4 aliphatic rings. The molecule has 8 atom stereocenters. The number of carbonyl (C=O) groups is 1. The summed E-state index contributed by atoms with van der Waals surface area (Å²) in [5, 5.41) is 9.07. The van der Waals surface area contributed by atoms with Crippen molar-refractivity contribution >= 4 is 5.97 Å². The number of rotatable bonds is 5. The molecule has 1 N–H and O–H groups in total. The number of carboxylic acids is 1. The number of allylic oxidation sites excluding steroid dienone is 2. The topological polar surface area (TPSA) is 49.8 Å². The average Bonchev–Trinajstić information content (AvgIpc) is 2.95. The Labute approximate surface area is 170 Å². The van der Waals surface area contributed by atoms with Crippen LogP contribution in [0.1, 0.15) is 79.1 Å². The molecule has 156 valence electrons. The van der Waals surface area contributed by atoms with Crippen molar-refractivity contribution in [2.24, 2.45) is 35.0 Å². The van der Waals surface area contributed by atoms with E-state index in [4.69, 9.17) is 9.84 Å². The van der Waals surface area contributed by atoms with Crippen molar-refractivity contribution in [1.82, 2.24) is 0 Å². The number of hydrogen-bond donors (Lipinski definition) is 1. The van der Waals surface area contributed by atoms with E-state index in [-0.39, 0.29) is 5.60 Å². The van der Waals surface area contributed by atoms with Gasteiger partial charge in [-0.3, -0.25) is 0 Å². The van der Waals surface area contributed by atoms with Crippen LogP contribution in [-0.4, -0.2) is 22.8 Å². The molecule has 0 bridgehead atoms. The summed E-state index contributed by atoms with van der Waals surface area (Å²) in [6.07, 6.45) is 11.9. The molecule has 3 saturated carbocycles. The first-order valence-corrected chi connectivity index (χ1v) is 11.4. The van der Waals surface area contributed by atoms with Crippen molar-refractivity contribution in [3.05, 3.63) is 23.8 Å². The predicted octanol–water partition coefficient (Wildman–Crippen LogP) is 6.00. The van der Waals surface area contributed by atoms with Crippen LogP contribution in [0.15, 0.2) is 23.8 Å². The average molecular weight is 387 g/mol. The van der Waals surface area contributed by atoms with Crippen LogP contribution in [0.25, 0.3) is 0 Å². The lowest BCUT2D eigenvalue weighted by Crippen LogP contribution is -2.39. The van der Waals surface area contributed by atoms with E-state index >= 15 is 0 Å².